The second-order valence-corrected chi connectivity index (χ2v) is 3.93. The van der Waals surface area contributed by atoms with Gasteiger partial charge in [0.1, 0.15) is 17.2 Å². The van der Waals surface area contributed by atoms with Crippen molar-refractivity contribution in [2.24, 2.45) is 0 Å². The average Bonchev–Trinajstić information content (AvgIpc) is 2.41. The van der Waals surface area contributed by atoms with Crippen LogP contribution in [0, 0.1) is 6.07 Å². The highest BCUT2D eigenvalue weighted by Crippen LogP contribution is 2.37. The molecule has 0 aliphatic rings. The summed E-state index contributed by atoms with van der Waals surface area (Å²) in [5, 5.41) is 0. The van der Waals surface area contributed by atoms with Crippen LogP contribution < -0.4 is 9.47 Å². The number of hydrogen-bond donors (Lipinski definition) is 0. The topological polar surface area (TPSA) is 18.5 Å². The summed E-state index contributed by atoms with van der Waals surface area (Å²) in [6.07, 6.45) is -11.0. The molecule has 0 atom stereocenters. The second kappa shape index (κ2) is 5.59. The zero-order valence-electron chi connectivity index (χ0n) is 10.3. The Morgan fingerprint density at radius 2 is 1.43 bits per heavy atom. The minimum Gasteiger partial charge on any atom is -0.457 e. The van der Waals surface area contributed by atoms with Gasteiger partial charge >= 0.3 is 12.3 Å². The molecular formula is C14H8F5O2. The van der Waals surface area contributed by atoms with Gasteiger partial charge in [-0.1, -0.05) is 12.1 Å². The molecule has 0 aliphatic heterocycles. The molecule has 2 nitrogen and oxygen atoms in total. The predicted molar refractivity (Wildman–Crippen MR) is 63.4 cm³/mol. The lowest BCUT2D eigenvalue weighted by molar-refractivity contribution is -0.360. The Morgan fingerprint density at radius 1 is 0.810 bits per heavy atom. The molecular weight excluding hydrogens is 295 g/mol. The van der Waals surface area contributed by atoms with E-state index in [9.17, 15) is 22.0 Å². The SMILES string of the molecule is FC(F)(F)C(F)(F)Oc1ccc(Oc2c[c]ccc2)cc1. The first-order valence-electron chi connectivity index (χ1n) is 5.65. The van der Waals surface area contributed by atoms with Crippen LogP contribution in [0.15, 0.2) is 48.5 Å². The van der Waals surface area contributed by atoms with Crippen molar-refractivity contribution in [3.8, 4) is 17.2 Å². The van der Waals surface area contributed by atoms with Crippen molar-refractivity contribution in [1.29, 1.82) is 0 Å². The third-order valence-electron chi connectivity index (χ3n) is 2.31. The Bertz CT molecular complexity index is 579. The van der Waals surface area contributed by atoms with Crippen LogP contribution in [0.3, 0.4) is 0 Å². The summed E-state index contributed by atoms with van der Waals surface area (Å²) >= 11 is 0. The minimum absolute atomic E-state index is 0.261. The van der Waals surface area contributed by atoms with E-state index in [1.54, 1.807) is 24.3 Å². The van der Waals surface area contributed by atoms with Crippen LogP contribution in [0.5, 0.6) is 17.2 Å². The lowest BCUT2D eigenvalue weighted by Crippen LogP contribution is -2.41. The van der Waals surface area contributed by atoms with Crippen molar-refractivity contribution in [3.05, 3.63) is 54.6 Å². The molecule has 0 heterocycles. The van der Waals surface area contributed by atoms with Crippen LogP contribution in [0.2, 0.25) is 0 Å². The molecule has 0 aliphatic carbocycles. The fourth-order valence-corrected chi connectivity index (χ4v) is 1.36. The molecule has 2 aromatic rings. The molecule has 2 rings (SSSR count). The molecule has 0 saturated carbocycles. The number of hydrogen-bond acceptors (Lipinski definition) is 2. The lowest BCUT2D eigenvalue weighted by Gasteiger charge is -2.20. The van der Waals surface area contributed by atoms with Gasteiger partial charge in [0.15, 0.2) is 0 Å². The summed E-state index contributed by atoms with van der Waals surface area (Å²) < 4.78 is 70.3. The van der Waals surface area contributed by atoms with Gasteiger partial charge < -0.3 is 9.47 Å². The highest BCUT2D eigenvalue weighted by molar-refractivity contribution is 5.35. The smallest absolute Gasteiger partial charge is 0.457 e. The second-order valence-electron chi connectivity index (χ2n) is 3.93. The van der Waals surface area contributed by atoms with Crippen molar-refractivity contribution in [3.63, 3.8) is 0 Å². The van der Waals surface area contributed by atoms with Gasteiger partial charge in [-0.3, -0.25) is 0 Å². The minimum atomic E-state index is -5.78. The van der Waals surface area contributed by atoms with Gasteiger partial charge in [0.2, 0.25) is 0 Å². The van der Waals surface area contributed by atoms with E-state index in [4.69, 9.17) is 4.74 Å². The van der Waals surface area contributed by atoms with Crippen LogP contribution in [-0.2, 0) is 0 Å². The van der Waals surface area contributed by atoms with Gasteiger partial charge in [-0.15, -0.1) is 0 Å². The van der Waals surface area contributed by atoms with Gasteiger partial charge in [-0.25, -0.2) is 0 Å². The van der Waals surface area contributed by atoms with Crippen LogP contribution in [-0.4, -0.2) is 12.3 Å². The van der Waals surface area contributed by atoms with Gasteiger partial charge in [0.05, 0.1) is 0 Å². The maximum Gasteiger partial charge on any atom is 0.499 e. The highest BCUT2D eigenvalue weighted by atomic mass is 19.4. The van der Waals surface area contributed by atoms with E-state index in [1.165, 1.54) is 12.1 Å². The zero-order chi connectivity index (χ0) is 15.5. The Kier molecular flexibility index (Phi) is 4.02. The standard InChI is InChI=1S/C14H8F5O2/c15-13(16,17)14(18,19)21-12-8-6-11(7-9-12)20-10-4-2-1-3-5-10/h1-2,4-9H. The molecule has 21 heavy (non-hydrogen) atoms. The molecule has 0 N–H and O–H groups in total. The van der Waals surface area contributed by atoms with Crippen molar-refractivity contribution >= 4 is 0 Å². The van der Waals surface area contributed by atoms with Crippen LogP contribution in [0.25, 0.3) is 0 Å². The maximum atomic E-state index is 12.7. The number of halogens is 5. The molecule has 7 heteroatoms. The summed E-state index contributed by atoms with van der Waals surface area (Å²) in [5.74, 6) is 0.0911. The molecule has 0 bridgehead atoms. The molecule has 0 spiro atoms. The number of alkyl halides is 5. The lowest BCUT2D eigenvalue weighted by atomic mass is 10.3. The van der Waals surface area contributed by atoms with Gasteiger partial charge in [0, 0.05) is 0 Å². The largest absolute Gasteiger partial charge is 0.499 e. The van der Waals surface area contributed by atoms with Crippen molar-refractivity contribution < 1.29 is 31.4 Å². The highest BCUT2D eigenvalue weighted by Gasteiger charge is 2.61. The molecule has 111 valence electrons. The molecule has 0 saturated heterocycles. The van der Waals surface area contributed by atoms with E-state index in [0.717, 1.165) is 12.1 Å². The average molecular weight is 303 g/mol. The third-order valence-corrected chi connectivity index (χ3v) is 2.31. The van der Waals surface area contributed by atoms with Gasteiger partial charge in [-0.2, -0.15) is 22.0 Å². The van der Waals surface area contributed by atoms with E-state index in [-0.39, 0.29) is 5.75 Å². The van der Waals surface area contributed by atoms with Crippen molar-refractivity contribution in [2.45, 2.75) is 12.3 Å². The Morgan fingerprint density at radius 3 is 1.95 bits per heavy atom. The van der Waals surface area contributed by atoms with Crippen molar-refractivity contribution in [2.75, 3.05) is 0 Å². The van der Waals surface area contributed by atoms with Crippen LogP contribution >= 0.6 is 0 Å². The van der Waals surface area contributed by atoms with E-state index >= 15 is 0 Å². The van der Waals surface area contributed by atoms with E-state index < -0.39 is 18.0 Å². The fourth-order valence-electron chi connectivity index (χ4n) is 1.36. The zero-order valence-corrected chi connectivity index (χ0v) is 10.3. The normalized spacial score (nSPS) is 12.0. The molecule has 0 fully saturated rings. The molecule has 0 aromatic heterocycles. The van der Waals surface area contributed by atoms with Gasteiger partial charge in [0.25, 0.3) is 0 Å². The first-order chi connectivity index (χ1) is 9.78. The summed E-state index contributed by atoms with van der Waals surface area (Å²) in [5.41, 5.74) is 0. The molecule has 0 amide bonds. The molecule has 0 unspecified atom stereocenters. The maximum absolute atomic E-state index is 12.7. The quantitative estimate of drug-likeness (QED) is 0.754. The summed E-state index contributed by atoms with van der Waals surface area (Å²) in [4.78, 5) is 0. The predicted octanol–water partition coefficient (Wildman–Crippen LogP) is 4.81. The Hall–Kier alpha value is -2.31. The third kappa shape index (κ3) is 3.84. The monoisotopic (exact) mass is 303 g/mol. The number of rotatable bonds is 4. The summed E-state index contributed by atoms with van der Waals surface area (Å²) in [7, 11) is 0. The summed E-state index contributed by atoms with van der Waals surface area (Å²) in [6.45, 7) is 0. The van der Waals surface area contributed by atoms with E-state index in [0.29, 0.717) is 5.75 Å². The molecule has 2 aromatic carbocycles. The van der Waals surface area contributed by atoms with E-state index in [1.807, 2.05) is 0 Å². The van der Waals surface area contributed by atoms with Crippen LogP contribution in [0.4, 0.5) is 22.0 Å². The fraction of sp³-hybridized carbons (Fsp3) is 0.143. The van der Waals surface area contributed by atoms with Crippen molar-refractivity contribution in [1.82, 2.24) is 0 Å². The number of benzene rings is 2. The summed E-state index contributed by atoms with van der Waals surface area (Å²) in [6, 6.07) is 13.6. The first-order valence-corrected chi connectivity index (χ1v) is 5.65. The van der Waals surface area contributed by atoms with Gasteiger partial charge in [-0.05, 0) is 42.5 Å². The molecule has 1 radical (unpaired) electrons. The van der Waals surface area contributed by atoms with E-state index in [2.05, 4.69) is 10.8 Å². The number of ether oxygens (including phenoxy) is 2. The Balaban J connectivity index is 2.06. The van der Waals surface area contributed by atoms with Crippen LogP contribution in [0.1, 0.15) is 0 Å². The first kappa shape index (κ1) is 15.1. The Labute approximate surface area is 116 Å².